The summed E-state index contributed by atoms with van der Waals surface area (Å²) in [7, 11) is -3.68. The number of nitrogens with one attached hydrogen (secondary N) is 1. The lowest BCUT2D eigenvalue weighted by atomic mass is 10.0. The fraction of sp³-hybridized carbons (Fsp3) is 0.136. The Labute approximate surface area is 164 Å². The van der Waals surface area contributed by atoms with Crippen LogP contribution in [0.3, 0.4) is 0 Å². The number of anilines is 1. The van der Waals surface area contributed by atoms with Crippen molar-refractivity contribution in [2.24, 2.45) is 0 Å². The van der Waals surface area contributed by atoms with E-state index in [0.29, 0.717) is 12.1 Å². The third-order valence-corrected chi connectivity index (χ3v) is 5.75. The molecule has 0 amide bonds. The summed E-state index contributed by atoms with van der Waals surface area (Å²) in [5.74, 6) is -0.872. The zero-order chi connectivity index (χ0) is 20.1. The zero-order valence-electron chi connectivity index (χ0n) is 15.4. The van der Waals surface area contributed by atoms with Crippen LogP contribution < -0.4 is 4.72 Å². The van der Waals surface area contributed by atoms with Gasteiger partial charge in [0, 0.05) is 0 Å². The van der Waals surface area contributed by atoms with Crippen LogP contribution in [0.25, 0.3) is 0 Å². The molecule has 0 bridgehead atoms. The van der Waals surface area contributed by atoms with E-state index in [2.05, 4.69) is 4.72 Å². The number of aryl methyl sites for hydroxylation is 1. The van der Waals surface area contributed by atoms with Gasteiger partial charge in [-0.3, -0.25) is 9.52 Å². The molecule has 0 heterocycles. The predicted octanol–water partition coefficient (Wildman–Crippen LogP) is 4.01. The maximum Gasteiger partial charge on any atom is 0.307 e. The van der Waals surface area contributed by atoms with E-state index >= 15 is 0 Å². The van der Waals surface area contributed by atoms with Crippen molar-refractivity contribution in [1.29, 1.82) is 0 Å². The summed E-state index contributed by atoms with van der Waals surface area (Å²) >= 11 is 0. The first-order valence-corrected chi connectivity index (χ1v) is 10.3. The van der Waals surface area contributed by atoms with Gasteiger partial charge in [-0.05, 0) is 48.2 Å². The van der Waals surface area contributed by atoms with Crippen molar-refractivity contribution in [2.75, 3.05) is 4.72 Å². The SMILES string of the molecule is Cc1ccc(S(=O)(=O)Nc2ccccc2Cc2ccc(CC(=O)O)cc2)cc1. The second kappa shape index (κ2) is 8.27. The van der Waals surface area contributed by atoms with Crippen LogP contribution >= 0.6 is 0 Å². The van der Waals surface area contributed by atoms with Crippen LogP contribution in [0.2, 0.25) is 0 Å². The molecule has 5 nitrogen and oxygen atoms in total. The fourth-order valence-corrected chi connectivity index (χ4v) is 3.97. The Kier molecular flexibility index (Phi) is 5.80. The molecule has 0 atom stereocenters. The molecule has 0 unspecified atom stereocenters. The molecule has 2 N–H and O–H groups in total. The summed E-state index contributed by atoms with van der Waals surface area (Å²) in [6.07, 6.45) is 0.507. The van der Waals surface area contributed by atoms with Gasteiger partial charge in [0.15, 0.2) is 0 Å². The first-order chi connectivity index (χ1) is 13.3. The highest BCUT2D eigenvalue weighted by Crippen LogP contribution is 2.23. The lowest BCUT2D eigenvalue weighted by Crippen LogP contribution is -2.14. The van der Waals surface area contributed by atoms with Crippen LogP contribution in [-0.2, 0) is 27.7 Å². The second-order valence-electron chi connectivity index (χ2n) is 6.64. The normalized spacial score (nSPS) is 11.2. The molecule has 6 heteroatoms. The molecule has 3 rings (SSSR count). The molecular weight excluding hydrogens is 374 g/mol. The van der Waals surface area contributed by atoms with E-state index in [1.165, 1.54) is 0 Å². The number of para-hydroxylation sites is 1. The molecule has 0 aliphatic heterocycles. The van der Waals surface area contributed by atoms with Crippen LogP contribution in [0.15, 0.2) is 77.7 Å². The Bertz CT molecular complexity index is 1070. The number of rotatable bonds is 7. The minimum atomic E-state index is -3.68. The van der Waals surface area contributed by atoms with Gasteiger partial charge in [-0.2, -0.15) is 0 Å². The summed E-state index contributed by atoms with van der Waals surface area (Å²) in [5.41, 5.74) is 4.05. The van der Waals surface area contributed by atoms with Gasteiger partial charge in [0.25, 0.3) is 10.0 Å². The van der Waals surface area contributed by atoms with Gasteiger partial charge in [0.2, 0.25) is 0 Å². The molecule has 3 aromatic rings. The molecule has 3 aromatic carbocycles. The molecule has 0 aromatic heterocycles. The first kappa shape index (κ1) is 19.6. The minimum Gasteiger partial charge on any atom is -0.481 e. The molecular formula is C22H21NO4S. The van der Waals surface area contributed by atoms with Crippen molar-refractivity contribution >= 4 is 21.7 Å². The summed E-state index contributed by atoms with van der Waals surface area (Å²) in [6.45, 7) is 1.90. The molecule has 0 spiro atoms. The van der Waals surface area contributed by atoms with Crippen molar-refractivity contribution < 1.29 is 18.3 Å². The Morgan fingerprint density at radius 2 is 1.50 bits per heavy atom. The quantitative estimate of drug-likeness (QED) is 0.633. The number of carbonyl (C=O) groups is 1. The van der Waals surface area contributed by atoms with Gasteiger partial charge < -0.3 is 5.11 Å². The monoisotopic (exact) mass is 395 g/mol. The molecule has 0 fully saturated rings. The Balaban J connectivity index is 1.81. The van der Waals surface area contributed by atoms with E-state index in [9.17, 15) is 13.2 Å². The first-order valence-electron chi connectivity index (χ1n) is 8.80. The standard InChI is InChI=1S/C22H21NO4S/c1-16-6-12-20(13-7-16)28(26,27)23-21-5-3-2-4-19(21)14-17-8-10-18(11-9-17)15-22(24)25/h2-13,23H,14-15H2,1H3,(H,24,25). The van der Waals surface area contributed by atoms with E-state index in [1.807, 2.05) is 31.2 Å². The number of aliphatic carboxylic acids is 1. The van der Waals surface area contributed by atoms with Gasteiger partial charge in [-0.15, -0.1) is 0 Å². The van der Waals surface area contributed by atoms with E-state index < -0.39 is 16.0 Å². The molecule has 0 saturated heterocycles. The van der Waals surface area contributed by atoms with Crippen molar-refractivity contribution in [1.82, 2.24) is 0 Å². The van der Waals surface area contributed by atoms with E-state index in [-0.39, 0.29) is 11.3 Å². The van der Waals surface area contributed by atoms with Crippen LogP contribution in [0.4, 0.5) is 5.69 Å². The Hall–Kier alpha value is -3.12. The number of sulfonamides is 1. The molecule has 0 radical (unpaired) electrons. The van der Waals surface area contributed by atoms with Gasteiger partial charge in [0.1, 0.15) is 0 Å². The average Bonchev–Trinajstić information content (AvgIpc) is 2.65. The van der Waals surface area contributed by atoms with Gasteiger partial charge >= 0.3 is 5.97 Å². The van der Waals surface area contributed by atoms with E-state index in [0.717, 1.165) is 22.3 Å². The Morgan fingerprint density at radius 3 is 2.14 bits per heavy atom. The van der Waals surface area contributed by atoms with Crippen molar-refractivity contribution in [2.45, 2.75) is 24.7 Å². The largest absolute Gasteiger partial charge is 0.481 e. The van der Waals surface area contributed by atoms with Gasteiger partial charge in [0.05, 0.1) is 17.0 Å². The topological polar surface area (TPSA) is 83.5 Å². The third kappa shape index (κ3) is 4.98. The van der Waals surface area contributed by atoms with E-state index in [4.69, 9.17) is 5.11 Å². The van der Waals surface area contributed by atoms with Crippen LogP contribution in [-0.4, -0.2) is 19.5 Å². The van der Waals surface area contributed by atoms with Crippen LogP contribution in [0.5, 0.6) is 0 Å². The van der Waals surface area contributed by atoms with Crippen LogP contribution in [0.1, 0.15) is 22.3 Å². The Morgan fingerprint density at radius 1 is 0.893 bits per heavy atom. The molecule has 28 heavy (non-hydrogen) atoms. The van der Waals surface area contributed by atoms with Crippen molar-refractivity contribution in [3.63, 3.8) is 0 Å². The summed E-state index contributed by atoms with van der Waals surface area (Å²) < 4.78 is 28.1. The summed E-state index contributed by atoms with van der Waals surface area (Å²) in [5, 5.41) is 8.86. The number of benzene rings is 3. The highest BCUT2D eigenvalue weighted by Gasteiger charge is 2.16. The molecule has 0 aliphatic carbocycles. The van der Waals surface area contributed by atoms with E-state index in [1.54, 1.807) is 48.5 Å². The van der Waals surface area contributed by atoms with Crippen molar-refractivity contribution in [3.8, 4) is 0 Å². The fourth-order valence-electron chi connectivity index (χ4n) is 2.86. The zero-order valence-corrected chi connectivity index (χ0v) is 16.2. The maximum absolute atomic E-state index is 12.7. The lowest BCUT2D eigenvalue weighted by molar-refractivity contribution is -0.136. The molecule has 0 aliphatic rings. The van der Waals surface area contributed by atoms with Crippen molar-refractivity contribution in [3.05, 3.63) is 95.1 Å². The second-order valence-corrected chi connectivity index (χ2v) is 8.32. The predicted molar refractivity (Wildman–Crippen MR) is 109 cm³/mol. The highest BCUT2D eigenvalue weighted by molar-refractivity contribution is 7.92. The number of hydrogen-bond donors (Lipinski definition) is 2. The molecule has 144 valence electrons. The number of hydrogen-bond acceptors (Lipinski definition) is 3. The van der Waals surface area contributed by atoms with Gasteiger partial charge in [-0.1, -0.05) is 60.2 Å². The smallest absolute Gasteiger partial charge is 0.307 e. The summed E-state index contributed by atoms with van der Waals surface area (Å²) in [4.78, 5) is 11.0. The minimum absolute atomic E-state index is 0.0206. The third-order valence-electron chi connectivity index (χ3n) is 4.37. The maximum atomic E-state index is 12.7. The van der Waals surface area contributed by atoms with Gasteiger partial charge in [-0.25, -0.2) is 8.42 Å². The number of carboxylic acid groups (broad SMARTS) is 1. The average molecular weight is 395 g/mol. The summed E-state index contributed by atoms with van der Waals surface area (Å²) in [6, 6.07) is 21.2. The lowest BCUT2D eigenvalue weighted by Gasteiger charge is -2.13. The number of carboxylic acids is 1. The van der Waals surface area contributed by atoms with Crippen LogP contribution in [0, 0.1) is 6.92 Å². The molecule has 0 saturated carbocycles. The highest BCUT2D eigenvalue weighted by atomic mass is 32.2.